The number of hydrogen-bond donors (Lipinski definition) is 0. The van der Waals surface area contributed by atoms with Crippen molar-refractivity contribution in [2.24, 2.45) is 0 Å². The maximum Gasteiger partial charge on any atom is 0.190 e. The number of rotatable bonds is 5. The van der Waals surface area contributed by atoms with Gasteiger partial charge in [0.05, 0.1) is 0 Å². The first-order chi connectivity index (χ1) is 10.1. The molecule has 0 saturated heterocycles. The Morgan fingerprint density at radius 2 is 1.81 bits per heavy atom. The van der Waals surface area contributed by atoms with Gasteiger partial charge in [0, 0.05) is 24.9 Å². The van der Waals surface area contributed by atoms with E-state index in [4.69, 9.17) is 23.2 Å². The van der Waals surface area contributed by atoms with E-state index in [0.29, 0.717) is 6.04 Å². The van der Waals surface area contributed by atoms with Gasteiger partial charge in [0.25, 0.3) is 0 Å². The van der Waals surface area contributed by atoms with Crippen molar-refractivity contribution in [3.05, 3.63) is 42.0 Å². The van der Waals surface area contributed by atoms with Gasteiger partial charge in [-0.1, -0.05) is 72.8 Å². The summed E-state index contributed by atoms with van der Waals surface area (Å²) in [6.45, 7) is 0. The number of ketones is 1. The van der Waals surface area contributed by atoms with Crippen molar-refractivity contribution in [3.63, 3.8) is 0 Å². The van der Waals surface area contributed by atoms with Crippen LogP contribution in [0, 0.1) is 0 Å². The minimum absolute atomic E-state index is 0.264. The maximum atomic E-state index is 11.9. The normalized spacial score (nSPS) is 17.0. The number of carbonyl (C=O) groups is 1. The molecule has 0 unspecified atom stereocenters. The van der Waals surface area contributed by atoms with Crippen LogP contribution in [0.3, 0.4) is 0 Å². The van der Waals surface area contributed by atoms with E-state index in [1.165, 1.54) is 32.1 Å². The van der Waals surface area contributed by atoms with Crippen LogP contribution in [0.1, 0.15) is 37.7 Å². The van der Waals surface area contributed by atoms with E-state index < -0.39 is 4.84 Å². The predicted octanol–water partition coefficient (Wildman–Crippen LogP) is 4.66. The smallest absolute Gasteiger partial charge is 0.190 e. The molecule has 0 N–H and O–H groups in total. The quantitative estimate of drug-likeness (QED) is 0.579. The van der Waals surface area contributed by atoms with Gasteiger partial charge in [0.2, 0.25) is 0 Å². The van der Waals surface area contributed by atoms with Crippen LogP contribution < -0.4 is 0 Å². The fraction of sp³-hybridized carbons (Fsp3) is 0.471. The molecule has 4 heteroatoms. The summed E-state index contributed by atoms with van der Waals surface area (Å²) in [4.78, 5) is 13.1. The zero-order chi connectivity index (χ0) is 15.2. The number of carbonyl (C=O) groups excluding carboxylic acids is 1. The zero-order valence-electron chi connectivity index (χ0n) is 12.3. The Labute approximate surface area is 136 Å². The van der Waals surface area contributed by atoms with Crippen molar-refractivity contribution >= 4 is 34.7 Å². The molecule has 0 amide bonds. The van der Waals surface area contributed by atoms with Gasteiger partial charge in [-0.15, -0.1) is 0 Å². The lowest BCUT2D eigenvalue weighted by Gasteiger charge is -2.34. The van der Waals surface area contributed by atoms with Crippen LogP contribution in [-0.4, -0.2) is 28.6 Å². The highest BCUT2D eigenvalue weighted by Gasteiger charge is 2.22. The van der Waals surface area contributed by atoms with E-state index in [2.05, 4.69) is 11.9 Å². The number of allylic oxidation sites excluding steroid dienone is 1. The Bertz CT molecular complexity index is 493. The van der Waals surface area contributed by atoms with Crippen LogP contribution >= 0.6 is 23.2 Å². The predicted molar refractivity (Wildman–Crippen MR) is 89.6 cm³/mol. The third kappa shape index (κ3) is 4.49. The summed E-state index contributed by atoms with van der Waals surface area (Å²) in [7, 11) is 2.06. The highest BCUT2D eigenvalue weighted by Crippen LogP contribution is 2.28. The molecule has 1 saturated carbocycles. The lowest BCUT2D eigenvalue weighted by atomic mass is 9.93. The summed E-state index contributed by atoms with van der Waals surface area (Å²) in [6.07, 6.45) is 7.71. The Hall–Kier alpha value is -0.990. The molecule has 0 atom stereocenters. The summed E-state index contributed by atoms with van der Waals surface area (Å²) in [5.74, 6) is -0.264. The van der Waals surface area contributed by atoms with Crippen LogP contribution in [0.2, 0.25) is 0 Å². The largest absolute Gasteiger partial charge is 0.371 e. The average molecular weight is 326 g/mol. The molecule has 0 radical (unpaired) electrons. The second-order valence-corrected chi connectivity index (χ2v) is 6.60. The fourth-order valence-corrected chi connectivity index (χ4v) is 2.99. The molecule has 1 aliphatic carbocycles. The van der Waals surface area contributed by atoms with Crippen LogP contribution in [0.5, 0.6) is 0 Å². The lowest BCUT2D eigenvalue weighted by Crippen LogP contribution is -2.32. The molecule has 1 aromatic rings. The molecule has 1 aromatic carbocycles. The van der Waals surface area contributed by atoms with Crippen LogP contribution in [0.25, 0.3) is 5.70 Å². The van der Waals surface area contributed by atoms with Crippen LogP contribution in [0.15, 0.2) is 36.4 Å². The molecule has 0 bridgehead atoms. The summed E-state index contributed by atoms with van der Waals surface area (Å²) < 4.78 is 0. The van der Waals surface area contributed by atoms with Crippen molar-refractivity contribution in [3.8, 4) is 0 Å². The van der Waals surface area contributed by atoms with Crippen molar-refractivity contribution < 1.29 is 4.79 Å². The SMILES string of the molecule is CN(/C(=C/C(=O)C(Cl)Cl)c1ccccc1)C1CCCCC1. The summed E-state index contributed by atoms with van der Waals surface area (Å²) in [5, 5.41) is 0. The molecule has 1 fully saturated rings. The highest BCUT2D eigenvalue weighted by molar-refractivity contribution is 6.55. The van der Waals surface area contributed by atoms with E-state index in [9.17, 15) is 4.79 Å². The lowest BCUT2D eigenvalue weighted by molar-refractivity contribution is -0.113. The second-order valence-electron chi connectivity index (χ2n) is 5.50. The molecule has 114 valence electrons. The molecule has 0 aromatic heterocycles. The molecule has 0 heterocycles. The zero-order valence-corrected chi connectivity index (χ0v) is 13.8. The minimum Gasteiger partial charge on any atom is -0.371 e. The topological polar surface area (TPSA) is 20.3 Å². The number of hydrogen-bond acceptors (Lipinski definition) is 2. The number of nitrogens with zero attached hydrogens (tertiary/aromatic N) is 1. The summed E-state index contributed by atoms with van der Waals surface area (Å²) >= 11 is 11.4. The Balaban J connectivity index is 2.29. The number of benzene rings is 1. The molecule has 21 heavy (non-hydrogen) atoms. The van der Waals surface area contributed by atoms with E-state index in [0.717, 1.165) is 11.3 Å². The molecule has 2 nitrogen and oxygen atoms in total. The molecule has 0 aliphatic heterocycles. The Kier molecular flexibility index (Phi) is 6.13. The third-order valence-corrected chi connectivity index (χ3v) is 4.50. The van der Waals surface area contributed by atoms with E-state index in [-0.39, 0.29) is 5.78 Å². The molecular formula is C17H21Cl2NO. The van der Waals surface area contributed by atoms with Gasteiger partial charge in [0.1, 0.15) is 0 Å². The van der Waals surface area contributed by atoms with Gasteiger partial charge < -0.3 is 4.90 Å². The summed E-state index contributed by atoms with van der Waals surface area (Å²) in [5.41, 5.74) is 1.92. The maximum absolute atomic E-state index is 11.9. The monoisotopic (exact) mass is 325 g/mol. The Morgan fingerprint density at radius 3 is 2.38 bits per heavy atom. The molecule has 1 aliphatic rings. The van der Waals surface area contributed by atoms with E-state index >= 15 is 0 Å². The van der Waals surface area contributed by atoms with Gasteiger partial charge in [-0.25, -0.2) is 0 Å². The van der Waals surface area contributed by atoms with Gasteiger partial charge in [-0.05, 0) is 18.4 Å². The van der Waals surface area contributed by atoms with Gasteiger partial charge in [0.15, 0.2) is 10.6 Å². The van der Waals surface area contributed by atoms with Crippen molar-refractivity contribution in [2.75, 3.05) is 7.05 Å². The minimum atomic E-state index is -1.01. The average Bonchev–Trinajstić information content (AvgIpc) is 2.53. The van der Waals surface area contributed by atoms with Crippen molar-refractivity contribution in [2.45, 2.75) is 43.0 Å². The van der Waals surface area contributed by atoms with Crippen molar-refractivity contribution in [1.29, 1.82) is 0 Å². The molecule has 2 rings (SSSR count). The van der Waals surface area contributed by atoms with Crippen LogP contribution in [0.4, 0.5) is 0 Å². The Morgan fingerprint density at radius 1 is 1.19 bits per heavy atom. The summed E-state index contributed by atoms with van der Waals surface area (Å²) in [6, 6.07) is 10.4. The molecular weight excluding hydrogens is 305 g/mol. The second kappa shape index (κ2) is 7.86. The third-order valence-electron chi connectivity index (χ3n) is 4.07. The van der Waals surface area contributed by atoms with Crippen LogP contribution in [-0.2, 0) is 4.79 Å². The number of halogens is 2. The van der Waals surface area contributed by atoms with E-state index in [1.807, 2.05) is 30.3 Å². The van der Waals surface area contributed by atoms with E-state index in [1.54, 1.807) is 6.08 Å². The first-order valence-corrected chi connectivity index (χ1v) is 8.29. The highest BCUT2D eigenvalue weighted by atomic mass is 35.5. The molecule has 0 spiro atoms. The van der Waals surface area contributed by atoms with Gasteiger partial charge in [-0.3, -0.25) is 4.79 Å². The van der Waals surface area contributed by atoms with Gasteiger partial charge in [-0.2, -0.15) is 0 Å². The number of alkyl halides is 2. The first-order valence-electron chi connectivity index (χ1n) is 7.41. The first kappa shape index (κ1) is 16.4. The van der Waals surface area contributed by atoms with Crippen molar-refractivity contribution in [1.82, 2.24) is 4.90 Å². The fourth-order valence-electron chi connectivity index (χ4n) is 2.86. The van der Waals surface area contributed by atoms with Gasteiger partial charge >= 0.3 is 0 Å². The standard InChI is InChI=1S/C17H21Cl2NO/c1-20(14-10-6-3-7-11-14)15(12-16(21)17(18)19)13-8-4-2-5-9-13/h2,4-5,8-9,12,14,17H,3,6-7,10-11H2,1H3/b15-12+.